The molecule has 0 N–H and O–H groups in total. The van der Waals surface area contributed by atoms with E-state index in [2.05, 4.69) is 0 Å². The van der Waals surface area contributed by atoms with Gasteiger partial charge in [0.1, 0.15) is 5.82 Å². The van der Waals surface area contributed by atoms with Crippen LogP contribution in [-0.2, 0) is 0 Å². The lowest BCUT2D eigenvalue weighted by atomic mass is 9.95. The number of rotatable bonds is 1. The van der Waals surface area contributed by atoms with E-state index in [0.717, 1.165) is 5.56 Å². The Labute approximate surface area is 114 Å². The Morgan fingerprint density at radius 3 is 2.40 bits per heavy atom. The summed E-state index contributed by atoms with van der Waals surface area (Å²) in [5.41, 5.74) is 0.662. The zero-order chi connectivity index (χ0) is 14.9. The quantitative estimate of drug-likeness (QED) is 0.724. The molecular formula is C14H15F4NO. The number of hydrogen-bond acceptors (Lipinski definition) is 1. The van der Waals surface area contributed by atoms with E-state index in [0.29, 0.717) is 0 Å². The molecule has 110 valence electrons. The molecule has 1 aromatic rings. The van der Waals surface area contributed by atoms with E-state index in [9.17, 15) is 22.4 Å². The lowest BCUT2D eigenvalue weighted by Gasteiger charge is -2.33. The number of amides is 1. The van der Waals surface area contributed by atoms with E-state index in [1.807, 2.05) is 0 Å². The maximum absolute atomic E-state index is 13.6. The van der Waals surface area contributed by atoms with Crippen molar-refractivity contribution in [1.82, 2.24) is 4.90 Å². The number of hydrogen-bond donors (Lipinski definition) is 0. The minimum absolute atomic E-state index is 0.0103. The molecule has 0 radical (unpaired) electrons. The van der Waals surface area contributed by atoms with Gasteiger partial charge in [0.05, 0.1) is 11.5 Å². The Hall–Kier alpha value is -1.59. The van der Waals surface area contributed by atoms with Gasteiger partial charge in [0.15, 0.2) is 0 Å². The molecule has 0 unspecified atom stereocenters. The van der Waals surface area contributed by atoms with Crippen molar-refractivity contribution in [2.45, 2.75) is 25.9 Å². The number of likely N-dealkylation sites (tertiary alicyclic amines) is 1. The lowest BCUT2D eigenvalue weighted by molar-refractivity contribution is -0.183. The molecule has 20 heavy (non-hydrogen) atoms. The molecule has 0 aliphatic carbocycles. The molecule has 1 amide bonds. The highest BCUT2D eigenvalue weighted by molar-refractivity contribution is 5.94. The van der Waals surface area contributed by atoms with Crippen LogP contribution < -0.4 is 0 Å². The van der Waals surface area contributed by atoms with Crippen LogP contribution in [0.15, 0.2) is 18.2 Å². The summed E-state index contributed by atoms with van der Waals surface area (Å²) in [6.45, 7) is 1.75. The lowest BCUT2D eigenvalue weighted by Crippen LogP contribution is -2.42. The number of piperidine rings is 1. The summed E-state index contributed by atoms with van der Waals surface area (Å²) in [6, 6.07) is 4.17. The third-order valence-electron chi connectivity index (χ3n) is 3.60. The second kappa shape index (κ2) is 5.42. The van der Waals surface area contributed by atoms with Crippen molar-refractivity contribution in [2.24, 2.45) is 5.92 Å². The third kappa shape index (κ3) is 3.11. The predicted molar refractivity (Wildman–Crippen MR) is 65.8 cm³/mol. The average molecular weight is 289 g/mol. The zero-order valence-electron chi connectivity index (χ0n) is 11.0. The van der Waals surface area contributed by atoms with Crippen LogP contribution in [0.1, 0.15) is 28.8 Å². The van der Waals surface area contributed by atoms with Gasteiger partial charge >= 0.3 is 6.18 Å². The van der Waals surface area contributed by atoms with Crippen LogP contribution in [0.25, 0.3) is 0 Å². The number of halogens is 4. The first-order valence-corrected chi connectivity index (χ1v) is 6.41. The van der Waals surface area contributed by atoms with E-state index in [1.54, 1.807) is 13.0 Å². The summed E-state index contributed by atoms with van der Waals surface area (Å²) >= 11 is 0. The van der Waals surface area contributed by atoms with Gasteiger partial charge in [-0.15, -0.1) is 0 Å². The second-order valence-corrected chi connectivity index (χ2v) is 5.09. The summed E-state index contributed by atoms with van der Waals surface area (Å²) in [6.07, 6.45) is -4.46. The van der Waals surface area contributed by atoms with Crippen molar-refractivity contribution in [2.75, 3.05) is 13.1 Å². The van der Waals surface area contributed by atoms with Crippen LogP contribution in [-0.4, -0.2) is 30.1 Å². The fraction of sp³-hybridized carbons (Fsp3) is 0.500. The molecule has 0 saturated carbocycles. The molecular weight excluding hydrogens is 274 g/mol. The van der Waals surface area contributed by atoms with Crippen LogP contribution in [0.4, 0.5) is 17.6 Å². The molecule has 1 heterocycles. The van der Waals surface area contributed by atoms with Crippen molar-refractivity contribution < 1.29 is 22.4 Å². The fourth-order valence-electron chi connectivity index (χ4n) is 2.38. The molecule has 1 saturated heterocycles. The Bertz CT molecular complexity index is 504. The highest BCUT2D eigenvalue weighted by Crippen LogP contribution is 2.34. The molecule has 1 aliphatic rings. The number of alkyl halides is 3. The molecule has 0 atom stereocenters. The topological polar surface area (TPSA) is 20.3 Å². The Kier molecular flexibility index (Phi) is 4.01. The fourth-order valence-corrected chi connectivity index (χ4v) is 2.38. The summed E-state index contributed by atoms with van der Waals surface area (Å²) in [5, 5.41) is 0. The van der Waals surface area contributed by atoms with Crippen LogP contribution in [0.3, 0.4) is 0 Å². The van der Waals surface area contributed by atoms with Gasteiger partial charge < -0.3 is 4.90 Å². The van der Waals surface area contributed by atoms with Gasteiger partial charge in [0.25, 0.3) is 5.91 Å². The van der Waals surface area contributed by atoms with Crippen molar-refractivity contribution in [3.63, 3.8) is 0 Å². The Morgan fingerprint density at radius 1 is 1.25 bits per heavy atom. The molecule has 0 spiro atoms. The van der Waals surface area contributed by atoms with Gasteiger partial charge in [-0.1, -0.05) is 11.6 Å². The SMILES string of the molecule is Cc1ccc(F)c(C(=O)N2CCC(C(F)(F)F)CC2)c1. The molecule has 0 bridgehead atoms. The number of aryl methyl sites for hydroxylation is 1. The maximum Gasteiger partial charge on any atom is 0.391 e. The van der Waals surface area contributed by atoms with Crippen LogP contribution >= 0.6 is 0 Å². The normalized spacial score (nSPS) is 17.4. The van der Waals surface area contributed by atoms with Gasteiger partial charge in [0, 0.05) is 13.1 Å². The predicted octanol–water partition coefficient (Wildman–Crippen LogP) is 3.55. The van der Waals surface area contributed by atoms with Gasteiger partial charge in [-0.05, 0) is 31.9 Å². The first-order valence-electron chi connectivity index (χ1n) is 6.41. The van der Waals surface area contributed by atoms with E-state index >= 15 is 0 Å². The standard InChI is InChI=1S/C14H15F4NO/c1-9-2-3-12(15)11(8-9)13(20)19-6-4-10(5-7-19)14(16,17)18/h2-3,8,10H,4-7H2,1H3. The molecule has 1 fully saturated rings. The zero-order valence-corrected chi connectivity index (χ0v) is 11.0. The van der Waals surface area contributed by atoms with Gasteiger partial charge in [0.2, 0.25) is 0 Å². The van der Waals surface area contributed by atoms with E-state index < -0.39 is 23.8 Å². The first-order chi connectivity index (χ1) is 9.29. The number of carbonyl (C=O) groups excluding carboxylic acids is 1. The molecule has 0 aromatic heterocycles. The highest BCUT2D eigenvalue weighted by atomic mass is 19.4. The molecule has 1 aliphatic heterocycles. The Balaban J connectivity index is 2.07. The van der Waals surface area contributed by atoms with E-state index in [1.165, 1.54) is 17.0 Å². The van der Waals surface area contributed by atoms with Crippen LogP contribution in [0, 0.1) is 18.7 Å². The largest absolute Gasteiger partial charge is 0.391 e. The first kappa shape index (κ1) is 14.8. The van der Waals surface area contributed by atoms with E-state index in [4.69, 9.17) is 0 Å². The molecule has 2 nitrogen and oxygen atoms in total. The number of carbonyl (C=O) groups is 1. The summed E-state index contributed by atoms with van der Waals surface area (Å²) in [5.74, 6) is -2.54. The number of benzene rings is 1. The summed E-state index contributed by atoms with van der Waals surface area (Å²) < 4.78 is 51.3. The van der Waals surface area contributed by atoms with Crippen LogP contribution in [0.5, 0.6) is 0 Å². The maximum atomic E-state index is 13.6. The Morgan fingerprint density at radius 2 is 1.85 bits per heavy atom. The van der Waals surface area contributed by atoms with E-state index in [-0.39, 0.29) is 31.5 Å². The monoisotopic (exact) mass is 289 g/mol. The third-order valence-corrected chi connectivity index (χ3v) is 3.60. The van der Waals surface area contributed by atoms with Gasteiger partial charge in [-0.3, -0.25) is 4.79 Å². The smallest absolute Gasteiger partial charge is 0.339 e. The molecule has 1 aromatic carbocycles. The van der Waals surface area contributed by atoms with Crippen molar-refractivity contribution in [3.8, 4) is 0 Å². The van der Waals surface area contributed by atoms with Gasteiger partial charge in [-0.2, -0.15) is 13.2 Å². The molecule has 2 rings (SSSR count). The summed E-state index contributed by atoms with van der Waals surface area (Å²) in [4.78, 5) is 13.4. The highest BCUT2D eigenvalue weighted by Gasteiger charge is 2.41. The van der Waals surface area contributed by atoms with Gasteiger partial charge in [-0.25, -0.2) is 4.39 Å². The van der Waals surface area contributed by atoms with Crippen LogP contribution in [0.2, 0.25) is 0 Å². The van der Waals surface area contributed by atoms with Crippen molar-refractivity contribution in [3.05, 3.63) is 35.1 Å². The average Bonchev–Trinajstić information content (AvgIpc) is 2.40. The molecule has 6 heteroatoms. The second-order valence-electron chi connectivity index (χ2n) is 5.09. The number of nitrogens with zero attached hydrogens (tertiary/aromatic N) is 1. The summed E-state index contributed by atoms with van der Waals surface area (Å²) in [7, 11) is 0. The minimum Gasteiger partial charge on any atom is -0.339 e. The van der Waals surface area contributed by atoms with Crippen molar-refractivity contribution >= 4 is 5.91 Å². The van der Waals surface area contributed by atoms with Crippen molar-refractivity contribution in [1.29, 1.82) is 0 Å². The minimum atomic E-state index is -4.22.